The Morgan fingerprint density at radius 2 is 0.472 bits per heavy atom. The fourth-order valence-electron chi connectivity index (χ4n) is 9.84. The van der Waals surface area contributed by atoms with E-state index < -0.39 is 14.2 Å². The molecule has 6 aromatic heterocycles. The normalized spacial score (nSPS) is 11.3. The number of rotatable bonds is 15. The summed E-state index contributed by atoms with van der Waals surface area (Å²) in [6, 6.07) is 75.8. The summed E-state index contributed by atoms with van der Waals surface area (Å²) in [7, 11) is -2.85. The maximum Gasteiger partial charge on any atom is 2.00 e. The van der Waals surface area contributed by atoms with Crippen LogP contribution in [0.2, 0.25) is 0 Å². The molecule has 353 valence electrons. The molecule has 0 amide bonds. The molecule has 12 aromatic rings. The second-order valence-electron chi connectivity index (χ2n) is 17.6. The SMILES string of the molecule is [Co+2].c1ccc(C(c2ccccc2)c2ccn([BH-](n3ccc(C(c4ccccc4)c4ccccc4)n3)n3ccc(C(c4ccccc4)c4ccccc4)n3)n2)cc1.c1cnn([BH-](n2cccn2)n2cccn2)c1. The van der Waals surface area contributed by atoms with Crippen molar-refractivity contribution in [2.24, 2.45) is 0 Å². The molecule has 0 spiro atoms. The summed E-state index contributed by atoms with van der Waals surface area (Å²) in [5.74, 6) is -0.108. The molecule has 6 heterocycles. The van der Waals surface area contributed by atoms with Crippen LogP contribution >= 0.6 is 0 Å². The molecule has 15 heteroatoms. The maximum atomic E-state index is 5.39. The van der Waals surface area contributed by atoms with E-state index in [1.807, 2.05) is 50.6 Å². The van der Waals surface area contributed by atoms with Gasteiger partial charge >= 0.3 is 31.0 Å². The predicted octanol–water partition coefficient (Wildman–Crippen LogP) is 9.41. The Hall–Kier alpha value is -8.78. The summed E-state index contributed by atoms with van der Waals surface area (Å²) in [5.41, 5.74) is 10.0. The van der Waals surface area contributed by atoms with Gasteiger partial charge in [-0.2, -0.15) is 0 Å². The molecule has 0 fully saturated rings. The minimum absolute atomic E-state index is 0. The van der Waals surface area contributed by atoms with Crippen LogP contribution in [-0.4, -0.2) is 72.4 Å². The van der Waals surface area contributed by atoms with Crippen molar-refractivity contribution in [3.8, 4) is 0 Å². The van der Waals surface area contributed by atoms with Crippen molar-refractivity contribution >= 4 is 14.2 Å². The van der Waals surface area contributed by atoms with Crippen molar-refractivity contribution in [3.63, 3.8) is 0 Å². The minimum Gasteiger partial charge on any atom is -0.403 e. The van der Waals surface area contributed by atoms with E-state index in [0.29, 0.717) is 0 Å². The first kappa shape index (κ1) is 46.9. The molecule has 0 N–H and O–H groups in total. The molecule has 0 saturated carbocycles. The molecular formula is C57H50B2CoN12. The van der Waals surface area contributed by atoms with Gasteiger partial charge in [0, 0.05) is 18.6 Å². The first-order valence-electron chi connectivity index (χ1n) is 24.0. The van der Waals surface area contributed by atoms with Gasteiger partial charge in [0.25, 0.3) is 0 Å². The summed E-state index contributed by atoms with van der Waals surface area (Å²) in [6.07, 6.45) is 17.3. The topological polar surface area (TPSA) is 107 Å². The minimum atomic E-state index is -1.72. The number of benzene rings is 6. The molecule has 72 heavy (non-hydrogen) atoms. The quantitative estimate of drug-likeness (QED) is 0.0949. The molecule has 12 rings (SSSR count). The van der Waals surface area contributed by atoms with Crippen LogP contribution in [0.15, 0.2) is 274 Å². The van der Waals surface area contributed by atoms with E-state index in [-0.39, 0.29) is 34.5 Å². The third kappa shape index (κ3) is 10.2. The molecule has 0 aliphatic carbocycles. The van der Waals surface area contributed by atoms with Gasteiger partial charge in [-0.1, -0.05) is 182 Å². The zero-order valence-electron chi connectivity index (χ0n) is 39.3. The van der Waals surface area contributed by atoms with Crippen molar-refractivity contribution < 1.29 is 16.8 Å². The van der Waals surface area contributed by atoms with Gasteiger partial charge < -0.3 is 27.6 Å². The van der Waals surface area contributed by atoms with Crippen molar-refractivity contribution in [2.75, 3.05) is 0 Å². The number of hydrogen-bond donors (Lipinski definition) is 0. The number of hydrogen-bond acceptors (Lipinski definition) is 6. The van der Waals surface area contributed by atoms with Gasteiger partial charge in [0.15, 0.2) is 0 Å². The van der Waals surface area contributed by atoms with E-state index in [2.05, 4.69) is 248 Å². The Morgan fingerprint density at radius 1 is 0.250 bits per heavy atom. The van der Waals surface area contributed by atoms with Crippen molar-refractivity contribution in [2.45, 2.75) is 17.8 Å². The summed E-state index contributed by atoms with van der Waals surface area (Å²) < 4.78 is 11.8. The Labute approximate surface area is 429 Å². The van der Waals surface area contributed by atoms with Crippen LogP contribution in [0.25, 0.3) is 0 Å². The molecule has 0 bridgehead atoms. The fourth-order valence-corrected chi connectivity index (χ4v) is 9.84. The molecular weight excluding hydrogens is 933 g/mol. The van der Waals surface area contributed by atoms with Gasteiger partial charge in [0.2, 0.25) is 0 Å². The Bertz CT molecular complexity index is 2960. The van der Waals surface area contributed by atoms with E-state index in [1.54, 1.807) is 18.6 Å². The van der Waals surface area contributed by atoms with E-state index in [1.165, 1.54) is 33.4 Å². The fraction of sp³-hybridized carbons (Fsp3) is 0.0526. The van der Waals surface area contributed by atoms with Gasteiger partial charge in [-0.3, -0.25) is 0 Å². The van der Waals surface area contributed by atoms with Crippen LogP contribution in [0.1, 0.15) is 68.2 Å². The Morgan fingerprint density at radius 3 is 0.681 bits per heavy atom. The van der Waals surface area contributed by atoms with E-state index >= 15 is 0 Å². The van der Waals surface area contributed by atoms with Crippen LogP contribution in [0.4, 0.5) is 0 Å². The largest absolute Gasteiger partial charge is 2.00 e. The summed E-state index contributed by atoms with van der Waals surface area (Å²) in [4.78, 5) is 0. The van der Waals surface area contributed by atoms with E-state index in [4.69, 9.17) is 15.3 Å². The van der Waals surface area contributed by atoms with Crippen molar-refractivity contribution in [1.29, 1.82) is 0 Å². The molecule has 0 unspecified atom stereocenters. The van der Waals surface area contributed by atoms with Crippen molar-refractivity contribution in [1.82, 2.24) is 58.1 Å². The van der Waals surface area contributed by atoms with Gasteiger partial charge in [-0.05, 0) is 107 Å². The molecule has 0 atom stereocenters. The average Bonchev–Trinajstić information content (AvgIpc) is 4.30. The Kier molecular flexibility index (Phi) is 14.5. The number of nitrogens with zero attached hydrogens (tertiary/aromatic N) is 12. The van der Waals surface area contributed by atoms with Crippen LogP contribution < -0.4 is 0 Å². The van der Waals surface area contributed by atoms with Gasteiger partial charge in [0.05, 0.1) is 34.8 Å². The maximum absolute atomic E-state index is 5.39. The monoisotopic (exact) mass is 983 g/mol. The van der Waals surface area contributed by atoms with Gasteiger partial charge in [0.1, 0.15) is 0 Å². The summed E-state index contributed by atoms with van der Waals surface area (Å²) in [6.45, 7) is 0. The molecule has 0 aliphatic rings. The van der Waals surface area contributed by atoms with Crippen LogP contribution in [0.5, 0.6) is 0 Å². The average molecular weight is 984 g/mol. The molecule has 12 nitrogen and oxygen atoms in total. The van der Waals surface area contributed by atoms with Crippen LogP contribution in [0, 0.1) is 0 Å². The zero-order valence-corrected chi connectivity index (χ0v) is 40.4. The van der Waals surface area contributed by atoms with Crippen LogP contribution in [0.3, 0.4) is 0 Å². The molecule has 0 saturated heterocycles. The first-order chi connectivity index (χ1) is 35.2. The smallest absolute Gasteiger partial charge is 0.403 e. The van der Waals surface area contributed by atoms with E-state index in [9.17, 15) is 0 Å². The summed E-state index contributed by atoms with van der Waals surface area (Å²) in [5, 5.41) is 28.9. The van der Waals surface area contributed by atoms with Crippen LogP contribution in [-0.2, 0) is 16.8 Å². The molecule has 1 radical (unpaired) electrons. The standard InChI is InChI=1S/C48H40BN6.C9H10BN6.Co/c1-7-19-37(20-8-1)46(38-21-9-2-10-22-38)43-31-34-53(50-43)49(54-35-32-44(51-54)47(39-23-11-3-12-24-39)40-25-13-4-14-26-40)55-36-33-45(52-55)48(41-27-15-5-16-28-41)42-29-17-6-18-30-42;1-4-11-14(7-1)10(15-8-2-5-12-15)16-9-3-6-13-16;/h1-36,46-49H;1-10H;/q2*-1;+2. The Balaban J connectivity index is 0.000000297. The van der Waals surface area contributed by atoms with Crippen molar-refractivity contribution in [3.05, 3.63) is 325 Å². The third-order valence-corrected chi connectivity index (χ3v) is 13.1. The second-order valence-corrected chi connectivity index (χ2v) is 17.6. The first-order valence-corrected chi connectivity index (χ1v) is 24.0. The van der Waals surface area contributed by atoms with Gasteiger partial charge in [-0.25, -0.2) is 30.6 Å². The summed E-state index contributed by atoms with van der Waals surface area (Å²) >= 11 is 0. The third-order valence-electron chi connectivity index (χ3n) is 13.1. The van der Waals surface area contributed by atoms with Gasteiger partial charge in [-0.15, -0.1) is 0 Å². The number of aromatic nitrogens is 12. The molecule has 0 aliphatic heterocycles. The zero-order chi connectivity index (χ0) is 47.6. The van der Waals surface area contributed by atoms with E-state index in [0.717, 1.165) is 17.1 Å². The molecule has 6 aromatic carbocycles. The second kappa shape index (κ2) is 22.3. The predicted molar refractivity (Wildman–Crippen MR) is 282 cm³/mol.